The Hall–Kier alpha value is -5.58. The van der Waals surface area contributed by atoms with Crippen LogP contribution >= 0.6 is 0 Å². The molecule has 1 aliphatic heterocycles. The molecule has 2 aromatic heterocycles. The van der Waals surface area contributed by atoms with Crippen LogP contribution in [-0.2, 0) is 5.41 Å². The third-order valence-electron chi connectivity index (χ3n) is 11.2. The lowest BCUT2D eigenvalue weighted by molar-refractivity contribution is 0.661. The van der Waals surface area contributed by atoms with Crippen molar-refractivity contribution in [3.8, 4) is 50.6 Å². The Morgan fingerprint density at radius 3 is 2.06 bits per heavy atom. The zero-order valence-electron chi connectivity index (χ0n) is 28.1. The molecule has 0 fully saturated rings. The van der Waals surface area contributed by atoms with Gasteiger partial charge in [-0.1, -0.05) is 130 Å². The summed E-state index contributed by atoms with van der Waals surface area (Å²) in [5, 5.41) is 5.28. The number of hydrogen-bond acceptors (Lipinski definition) is 2. The fourth-order valence-corrected chi connectivity index (χ4v) is 11.7. The first-order valence-corrected chi connectivity index (χ1v) is 20.2. The minimum atomic E-state index is -2.03. The summed E-state index contributed by atoms with van der Waals surface area (Å²) in [5.41, 5.74) is 14.7. The second kappa shape index (κ2) is 9.97. The fourth-order valence-electron chi connectivity index (χ4n) is 8.77. The Bertz CT molecular complexity index is 2650. The largest absolute Gasteiger partial charge is 0.309 e. The fraction of sp³-hybridized carbons (Fsp3) is 0.111. The van der Waals surface area contributed by atoms with Crippen LogP contribution in [0.15, 0.2) is 140 Å². The van der Waals surface area contributed by atoms with E-state index in [9.17, 15) is 0 Å². The van der Waals surface area contributed by atoms with Crippen LogP contribution in [0.3, 0.4) is 0 Å². The number of para-hydroxylation sites is 1. The van der Waals surface area contributed by atoms with Crippen molar-refractivity contribution in [3.05, 3.63) is 151 Å². The smallest absolute Gasteiger partial charge is 0.159 e. The Kier molecular flexibility index (Phi) is 5.79. The first-order valence-electron chi connectivity index (χ1n) is 17.2. The van der Waals surface area contributed by atoms with Crippen molar-refractivity contribution >= 4 is 40.4 Å². The molecular weight excluding hydrogens is 611 g/mol. The van der Waals surface area contributed by atoms with Gasteiger partial charge in [-0.15, -0.1) is 0 Å². The van der Waals surface area contributed by atoms with Crippen LogP contribution in [0.25, 0.3) is 72.4 Å². The van der Waals surface area contributed by atoms with E-state index in [0.29, 0.717) is 0 Å². The minimum Gasteiger partial charge on any atom is -0.309 e. The highest BCUT2D eigenvalue weighted by atomic mass is 28.3. The van der Waals surface area contributed by atoms with E-state index in [-0.39, 0.29) is 5.41 Å². The third-order valence-corrected chi connectivity index (χ3v) is 14.5. The molecule has 10 rings (SSSR count). The average Bonchev–Trinajstić information content (AvgIpc) is 3.69. The SMILES string of the molecule is CC1(C)c2ccccc2-c2c1ccc1c2c2ccccc2n1-c1ccc(-c2nc(-c3ccccc3)c3c(n2)[Si](C)(C)c2ccccc2-3)cc1. The van der Waals surface area contributed by atoms with E-state index in [1.165, 1.54) is 65.7 Å². The van der Waals surface area contributed by atoms with Crippen LogP contribution in [0.4, 0.5) is 0 Å². The van der Waals surface area contributed by atoms with Crippen molar-refractivity contribution in [1.82, 2.24) is 14.5 Å². The molecule has 0 amide bonds. The maximum atomic E-state index is 5.39. The molecule has 8 aromatic rings. The maximum Gasteiger partial charge on any atom is 0.159 e. The molecule has 0 bridgehead atoms. The lowest BCUT2D eigenvalue weighted by atomic mass is 9.82. The molecule has 0 radical (unpaired) electrons. The first kappa shape index (κ1) is 28.4. The monoisotopic (exact) mass is 645 g/mol. The predicted molar refractivity (Wildman–Crippen MR) is 207 cm³/mol. The molecule has 0 atom stereocenters. The van der Waals surface area contributed by atoms with Gasteiger partial charge in [0.1, 0.15) is 8.07 Å². The third kappa shape index (κ3) is 3.83. The Morgan fingerprint density at radius 2 is 1.24 bits per heavy atom. The van der Waals surface area contributed by atoms with Gasteiger partial charge in [0.05, 0.1) is 16.7 Å². The van der Waals surface area contributed by atoms with Crippen molar-refractivity contribution in [2.75, 3.05) is 0 Å². The minimum absolute atomic E-state index is 0.0434. The molecule has 0 saturated heterocycles. The van der Waals surface area contributed by atoms with Crippen molar-refractivity contribution in [3.63, 3.8) is 0 Å². The van der Waals surface area contributed by atoms with E-state index in [2.05, 4.69) is 171 Å². The number of nitrogens with zero attached hydrogens (tertiary/aromatic N) is 3. The van der Waals surface area contributed by atoms with Gasteiger partial charge < -0.3 is 4.57 Å². The molecule has 0 unspecified atom stereocenters. The Labute approximate surface area is 287 Å². The van der Waals surface area contributed by atoms with Crippen molar-refractivity contribution in [1.29, 1.82) is 0 Å². The summed E-state index contributed by atoms with van der Waals surface area (Å²) in [6.45, 7) is 9.55. The van der Waals surface area contributed by atoms with Gasteiger partial charge in [0.25, 0.3) is 0 Å². The first-order chi connectivity index (χ1) is 23.8. The quantitative estimate of drug-likeness (QED) is 0.179. The highest BCUT2D eigenvalue weighted by molar-refractivity contribution is 7.03. The van der Waals surface area contributed by atoms with Gasteiger partial charge >= 0.3 is 0 Å². The number of aromatic nitrogens is 3. The van der Waals surface area contributed by atoms with Crippen molar-refractivity contribution in [2.24, 2.45) is 0 Å². The molecule has 4 heteroatoms. The highest BCUT2D eigenvalue weighted by Crippen LogP contribution is 2.53. The molecule has 0 spiro atoms. The average molecular weight is 646 g/mol. The van der Waals surface area contributed by atoms with Gasteiger partial charge in [0.15, 0.2) is 5.82 Å². The van der Waals surface area contributed by atoms with Crippen molar-refractivity contribution < 1.29 is 0 Å². The molecule has 3 nitrogen and oxygen atoms in total. The number of rotatable bonds is 3. The van der Waals surface area contributed by atoms with Gasteiger partial charge in [-0.05, 0) is 69.4 Å². The van der Waals surface area contributed by atoms with E-state index < -0.39 is 8.07 Å². The van der Waals surface area contributed by atoms with Gasteiger partial charge in [0, 0.05) is 43.9 Å². The second-order valence-corrected chi connectivity index (χ2v) is 18.9. The van der Waals surface area contributed by atoms with E-state index in [1.54, 1.807) is 0 Å². The summed E-state index contributed by atoms with van der Waals surface area (Å²) in [6.07, 6.45) is 0. The summed E-state index contributed by atoms with van der Waals surface area (Å²) >= 11 is 0. The lowest BCUT2D eigenvalue weighted by Gasteiger charge is -2.21. The molecule has 3 heterocycles. The van der Waals surface area contributed by atoms with Crippen LogP contribution in [0.2, 0.25) is 13.1 Å². The highest BCUT2D eigenvalue weighted by Gasteiger charge is 2.41. The number of hydrogen-bond donors (Lipinski definition) is 0. The molecule has 2 aliphatic rings. The van der Waals surface area contributed by atoms with Crippen LogP contribution in [-0.4, -0.2) is 22.6 Å². The van der Waals surface area contributed by atoms with Crippen LogP contribution in [0.5, 0.6) is 0 Å². The van der Waals surface area contributed by atoms with Crippen LogP contribution in [0.1, 0.15) is 25.0 Å². The molecule has 0 N–H and O–H groups in total. The van der Waals surface area contributed by atoms with Gasteiger partial charge in [-0.3, -0.25) is 0 Å². The number of benzene rings is 6. The maximum absolute atomic E-state index is 5.39. The molecule has 0 saturated carbocycles. The van der Waals surface area contributed by atoms with Crippen LogP contribution < -0.4 is 10.5 Å². The predicted octanol–water partition coefficient (Wildman–Crippen LogP) is 10.0. The zero-order valence-corrected chi connectivity index (χ0v) is 29.1. The molecular formula is C45H35N3Si. The molecule has 6 aromatic carbocycles. The van der Waals surface area contributed by atoms with Crippen molar-refractivity contribution in [2.45, 2.75) is 32.4 Å². The molecule has 1 aliphatic carbocycles. The zero-order chi connectivity index (χ0) is 33.1. The lowest BCUT2D eigenvalue weighted by Crippen LogP contribution is -2.50. The molecule has 49 heavy (non-hydrogen) atoms. The van der Waals surface area contributed by atoms with E-state index in [1.807, 2.05) is 0 Å². The molecule has 234 valence electrons. The van der Waals surface area contributed by atoms with E-state index >= 15 is 0 Å². The summed E-state index contributed by atoms with van der Waals surface area (Å²) in [7, 11) is -2.03. The summed E-state index contributed by atoms with van der Waals surface area (Å²) < 4.78 is 2.42. The van der Waals surface area contributed by atoms with Gasteiger partial charge in [0.2, 0.25) is 0 Å². The summed E-state index contributed by atoms with van der Waals surface area (Å²) in [6, 6.07) is 50.8. The summed E-state index contributed by atoms with van der Waals surface area (Å²) in [4.78, 5) is 10.7. The van der Waals surface area contributed by atoms with Gasteiger partial charge in [-0.2, -0.15) is 0 Å². The Balaban J connectivity index is 1.16. The second-order valence-electron chi connectivity index (χ2n) is 14.6. The van der Waals surface area contributed by atoms with E-state index in [4.69, 9.17) is 9.97 Å². The normalized spacial score (nSPS) is 14.9. The Morgan fingerprint density at radius 1 is 0.551 bits per heavy atom. The van der Waals surface area contributed by atoms with E-state index in [0.717, 1.165) is 28.3 Å². The van der Waals surface area contributed by atoms with Crippen LogP contribution in [0, 0.1) is 0 Å². The van der Waals surface area contributed by atoms with Gasteiger partial charge in [-0.25, -0.2) is 9.97 Å². The summed E-state index contributed by atoms with van der Waals surface area (Å²) in [5.74, 6) is 0.788. The number of fused-ring (bicyclic) bond motifs is 10. The standard InChI is InChI=1S/C45H35N3Si/c1-45(2)34-19-11-8-16-31(34)39-35(45)26-27-37-40(39)32-17-9-12-20-36(32)48(37)30-24-22-29(23-25-30)43-46-42(28-14-6-5-7-15-28)41-33-18-10-13-21-38(33)49(3,4)44(41)47-43/h5-27H,1-4H3. The topological polar surface area (TPSA) is 30.7 Å².